The minimum atomic E-state index is -3.77. The maximum absolute atomic E-state index is 12.5. The predicted molar refractivity (Wildman–Crippen MR) is 76.7 cm³/mol. The molecule has 0 aliphatic rings. The van der Waals surface area contributed by atoms with Gasteiger partial charge in [-0.3, -0.25) is 4.79 Å². The van der Waals surface area contributed by atoms with Crippen LogP contribution < -0.4 is 5.73 Å². The highest BCUT2D eigenvalue weighted by Gasteiger charge is 2.25. The van der Waals surface area contributed by atoms with Gasteiger partial charge in [-0.25, -0.2) is 8.42 Å². The molecule has 0 aliphatic carbocycles. The average molecular weight is 300 g/mol. The standard InChI is InChI=1S/C13H20N2O4S/c1-4-10-6-7-11(14)8-12(10)20(17,18)15(3)9-13(16)19-5-2/h6-8H,4-5,9,14H2,1-3H3. The number of benzene rings is 1. The van der Waals surface area contributed by atoms with E-state index in [9.17, 15) is 13.2 Å². The van der Waals surface area contributed by atoms with Crippen molar-refractivity contribution in [3.8, 4) is 0 Å². The Kier molecular flexibility index (Phi) is 5.52. The minimum Gasteiger partial charge on any atom is -0.465 e. The number of hydrogen-bond donors (Lipinski definition) is 1. The summed E-state index contributed by atoms with van der Waals surface area (Å²) in [5.41, 5.74) is 6.68. The number of nitrogens with two attached hydrogens (primary N) is 1. The molecule has 1 aromatic carbocycles. The normalized spacial score (nSPS) is 11.6. The Balaban J connectivity index is 3.10. The van der Waals surface area contributed by atoms with Gasteiger partial charge in [0.2, 0.25) is 10.0 Å². The van der Waals surface area contributed by atoms with Gasteiger partial charge in [0.05, 0.1) is 11.5 Å². The number of hydrogen-bond acceptors (Lipinski definition) is 5. The van der Waals surface area contributed by atoms with E-state index in [4.69, 9.17) is 10.5 Å². The van der Waals surface area contributed by atoms with Gasteiger partial charge in [-0.2, -0.15) is 4.31 Å². The molecule has 7 heteroatoms. The third-order valence-corrected chi connectivity index (χ3v) is 4.70. The van der Waals surface area contributed by atoms with Crippen LogP contribution in [-0.4, -0.2) is 38.9 Å². The van der Waals surface area contributed by atoms with E-state index in [-0.39, 0.29) is 18.0 Å². The van der Waals surface area contributed by atoms with Crippen LogP contribution in [0.3, 0.4) is 0 Å². The molecule has 0 bridgehead atoms. The Morgan fingerprint density at radius 1 is 1.35 bits per heavy atom. The van der Waals surface area contributed by atoms with Crippen LogP contribution in [-0.2, 0) is 26.0 Å². The number of esters is 1. The molecule has 2 N–H and O–H groups in total. The van der Waals surface area contributed by atoms with Crippen LogP contribution in [0.1, 0.15) is 19.4 Å². The maximum Gasteiger partial charge on any atom is 0.321 e. The van der Waals surface area contributed by atoms with E-state index in [1.165, 1.54) is 13.1 Å². The van der Waals surface area contributed by atoms with Gasteiger partial charge in [0.1, 0.15) is 6.54 Å². The summed E-state index contributed by atoms with van der Waals surface area (Å²) in [6.45, 7) is 3.41. The summed E-state index contributed by atoms with van der Waals surface area (Å²) >= 11 is 0. The second kappa shape index (κ2) is 6.71. The lowest BCUT2D eigenvalue weighted by atomic mass is 10.1. The van der Waals surface area contributed by atoms with Gasteiger partial charge in [-0.05, 0) is 31.0 Å². The molecule has 0 unspecified atom stereocenters. The third-order valence-electron chi connectivity index (χ3n) is 2.82. The number of rotatable bonds is 6. The van der Waals surface area contributed by atoms with Crippen molar-refractivity contribution in [1.82, 2.24) is 4.31 Å². The lowest BCUT2D eigenvalue weighted by Crippen LogP contribution is -2.33. The highest BCUT2D eigenvalue weighted by molar-refractivity contribution is 7.89. The number of sulfonamides is 1. The monoisotopic (exact) mass is 300 g/mol. The molecule has 0 atom stereocenters. The maximum atomic E-state index is 12.5. The van der Waals surface area contributed by atoms with E-state index < -0.39 is 16.0 Å². The van der Waals surface area contributed by atoms with Crippen molar-refractivity contribution >= 4 is 21.7 Å². The van der Waals surface area contributed by atoms with Gasteiger partial charge >= 0.3 is 5.97 Å². The van der Waals surface area contributed by atoms with Gasteiger partial charge in [0.15, 0.2) is 0 Å². The summed E-state index contributed by atoms with van der Waals surface area (Å²) in [6.07, 6.45) is 0.558. The molecule has 0 aromatic heterocycles. The van der Waals surface area contributed by atoms with Crippen LogP contribution in [0.4, 0.5) is 5.69 Å². The molecule has 1 rings (SSSR count). The first-order valence-corrected chi connectivity index (χ1v) is 7.77. The molecule has 0 amide bonds. The van der Waals surface area contributed by atoms with Gasteiger partial charge in [-0.1, -0.05) is 13.0 Å². The van der Waals surface area contributed by atoms with E-state index in [1.807, 2.05) is 6.92 Å². The van der Waals surface area contributed by atoms with Crippen molar-refractivity contribution in [3.63, 3.8) is 0 Å². The summed E-state index contributed by atoms with van der Waals surface area (Å²) < 4.78 is 30.7. The SMILES string of the molecule is CCOC(=O)CN(C)S(=O)(=O)c1cc(N)ccc1CC. The molecular weight excluding hydrogens is 280 g/mol. The molecule has 0 saturated carbocycles. The summed E-state index contributed by atoms with van der Waals surface area (Å²) in [6, 6.07) is 4.75. The zero-order valence-corrected chi connectivity index (χ0v) is 12.7. The highest BCUT2D eigenvalue weighted by atomic mass is 32.2. The second-order valence-electron chi connectivity index (χ2n) is 4.29. The Morgan fingerprint density at radius 2 is 2.00 bits per heavy atom. The molecule has 20 heavy (non-hydrogen) atoms. The molecule has 0 spiro atoms. The molecule has 0 aliphatic heterocycles. The second-order valence-corrected chi connectivity index (χ2v) is 6.30. The third kappa shape index (κ3) is 3.71. The first-order valence-electron chi connectivity index (χ1n) is 6.33. The Morgan fingerprint density at radius 3 is 2.55 bits per heavy atom. The fourth-order valence-corrected chi connectivity index (χ4v) is 3.18. The van der Waals surface area contributed by atoms with Crippen molar-refractivity contribution < 1.29 is 17.9 Å². The predicted octanol–water partition coefficient (Wildman–Crippen LogP) is 1.01. The molecule has 0 heterocycles. The number of likely N-dealkylation sites (N-methyl/N-ethyl adjacent to an activating group) is 1. The number of ether oxygens (including phenoxy) is 1. The van der Waals surface area contributed by atoms with Crippen LogP contribution in [0, 0.1) is 0 Å². The van der Waals surface area contributed by atoms with Crippen molar-refractivity contribution in [2.24, 2.45) is 0 Å². The first-order chi connectivity index (χ1) is 9.32. The number of carbonyl (C=O) groups is 1. The molecule has 1 aromatic rings. The average Bonchev–Trinajstić information content (AvgIpc) is 2.38. The zero-order valence-electron chi connectivity index (χ0n) is 11.9. The van der Waals surface area contributed by atoms with E-state index in [0.717, 1.165) is 4.31 Å². The van der Waals surface area contributed by atoms with E-state index in [0.29, 0.717) is 17.7 Å². The fraction of sp³-hybridized carbons (Fsp3) is 0.462. The summed E-state index contributed by atoms with van der Waals surface area (Å²) in [4.78, 5) is 11.5. The quantitative estimate of drug-likeness (QED) is 0.625. The highest BCUT2D eigenvalue weighted by Crippen LogP contribution is 2.22. The Bertz CT molecular complexity index is 584. The number of anilines is 1. The van der Waals surface area contributed by atoms with E-state index in [1.54, 1.807) is 19.1 Å². The Hall–Kier alpha value is -1.60. The van der Waals surface area contributed by atoms with Crippen molar-refractivity contribution in [2.45, 2.75) is 25.2 Å². The minimum absolute atomic E-state index is 0.131. The molecule has 0 radical (unpaired) electrons. The lowest BCUT2D eigenvalue weighted by molar-refractivity contribution is -0.143. The Labute approximate surface area is 119 Å². The smallest absolute Gasteiger partial charge is 0.321 e. The van der Waals surface area contributed by atoms with E-state index >= 15 is 0 Å². The number of nitrogens with zero attached hydrogens (tertiary/aromatic N) is 1. The number of nitrogen functional groups attached to an aromatic ring is 1. The van der Waals surface area contributed by atoms with Gasteiger partial charge in [-0.15, -0.1) is 0 Å². The number of carbonyl (C=O) groups excluding carboxylic acids is 1. The van der Waals surface area contributed by atoms with Crippen LogP contribution in [0.2, 0.25) is 0 Å². The zero-order chi connectivity index (χ0) is 15.3. The summed E-state index contributed by atoms with van der Waals surface area (Å²) in [5.74, 6) is -0.583. The molecule has 0 saturated heterocycles. The topological polar surface area (TPSA) is 89.7 Å². The van der Waals surface area contributed by atoms with Gasteiger partial charge in [0, 0.05) is 12.7 Å². The molecule has 6 nitrogen and oxygen atoms in total. The van der Waals surface area contributed by atoms with Crippen LogP contribution in [0.15, 0.2) is 23.1 Å². The van der Waals surface area contributed by atoms with Gasteiger partial charge in [0.25, 0.3) is 0 Å². The van der Waals surface area contributed by atoms with Crippen molar-refractivity contribution in [2.75, 3.05) is 25.9 Å². The van der Waals surface area contributed by atoms with E-state index in [2.05, 4.69) is 0 Å². The summed E-state index contributed by atoms with van der Waals surface area (Å²) in [7, 11) is -2.42. The van der Waals surface area contributed by atoms with Crippen LogP contribution in [0.25, 0.3) is 0 Å². The molecular formula is C13H20N2O4S. The first kappa shape index (κ1) is 16.5. The van der Waals surface area contributed by atoms with Gasteiger partial charge < -0.3 is 10.5 Å². The van der Waals surface area contributed by atoms with Crippen molar-refractivity contribution in [1.29, 1.82) is 0 Å². The largest absolute Gasteiger partial charge is 0.465 e. The molecule has 112 valence electrons. The van der Waals surface area contributed by atoms with Crippen LogP contribution in [0.5, 0.6) is 0 Å². The van der Waals surface area contributed by atoms with Crippen LogP contribution >= 0.6 is 0 Å². The molecule has 0 fully saturated rings. The fourth-order valence-electron chi connectivity index (χ4n) is 1.74. The lowest BCUT2D eigenvalue weighted by Gasteiger charge is -2.18. The summed E-state index contributed by atoms with van der Waals surface area (Å²) in [5, 5.41) is 0. The van der Waals surface area contributed by atoms with Crippen molar-refractivity contribution in [3.05, 3.63) is 23.8 Å². The number of aryl methyl sites for hydroxylation is 1.